The van der Waals surface area contributed by atoms with Crippen LogP contribution in [0.1, 0.15) is 5.82 Å². The quantitative estimate of drug-likeness (QED) is 0.700. The number of aromatic amines is 1. The molecular weight excluding hydrogens is 228 g/mol. The summed E-state index contributed by atoms with van der Waals surface area (Å²) in [6, 6.07) is 5.54. The van der Waals surface area contributed by atoms with Gasteiger partial charge >= 0.3 is 0 Å². The van der Waals surface area contributed by atoms with Crippen molar-refractivity contribution >= 4 is 11.0 Å². The first-order valence-electron chi connectivity index (χ1n) is 5.51. The number of hydrogen-bond acceptors (Lipinski definition) is 4. The minimum absolute atomic E-state index is 0.166. The number of pyridine rings is 2. The first-order valence-corrected chi connectivity index (χ1v) is 5.51. The highest BCUT2D eigenvalue weighted by atomic mass is 16.1. The van der Waals surface area contributed by atoms with Gasteiger partial charge in [-0.05, 0) is 30.7 Å². The summed E-state index contributed by atoms with van der Waals surface area (Å²) in [6.07, 6.45) is 5.12. The molecule has 1 N–H and O–H groups in total. The van der Waals surface area contributed by atoms with Gasteiger partial charge in [0, 0.05) is 24.2 Å². The van der Waals surface area contributed by atoms with Crippen molar-refractivity contribution in [3.63, 3.8) is 0 Å². The van der Waals surface area contributed by atoms with Crippen LogP contribution in [-0.2, 0) is 0 Å². The summed E-state index contributed by atoms with van der Waals surface area (Å²) >= 11 is 0. The Kier molecular flexibility index (Phi) is 2.37. The number of fused-ring (bicyclic) bond motifs is 1. The highest BCUT2D eigenvalue weighted by molar-refractivity contribution is 5.79. The lowest BCUT2D eigenvalue weighted by atomic mass is 10.1. The Hall–Kier alpha value is -2.56. The Morgan fingerprint density at radius 2 is 1.94 bits per heavy atom. The minimum Gasteiger partial charge on any atom is -0.310 e. The van der Waals surface area contributed by atoms with Gasteiger partial charge in [0.1, 0.15) is 5.82 Å². The second-order valence-corrected chi connectivity index (χ2v) is 3.98. The van der Waals surface area contributed by atoms with Crippen LogP contribution in [0.15, 0.2) is 41.6 Å². The van der Waals surface area contributed by atoms with Crippen LogP contribution in [0.25, 0.3) is 22.2 Å². The van der Waals surface area contributed by atoms with Gasteiger partial charge < -0.3 is 4.98 Å². The number of aromatic nitrogens is 4. The summed E-state index contributed by atoms with van der Waals surface area (Å²) in [6.45, 7) is 1.74. The summed E-state index contributed by atoms with van der Waals surface area (Å²) in [5.41, 5.74) is 2.15. The van der Waals surface area contributed by atoms with Gasteiger partial charge in [-0.2, -0.15) is 0 Å². The summed E-state index contributed by atoms with van der Waals surface area (Å²) in [5.74, 6) is 0.566. The van der Waals surface area contributed by atoms with E-state index in [1.165, 1.54) is 0 Å². The molecule has 0 saturated heterocycles. The van der Waals surface area contributed by atoms with Gasteiger partial charge in [0.25, 0.3) is 5.56 Å². The number of rotatable bonds is 1. The van der Waals surface area contributed by atoms with E-state index in [0.717, 1.165) is 11.1 Å². The van der Waals surface area contributed by atoms with Crippen molar-refractivity contribution in [2.75, 3.05) is 0 Å². The zero-order chi connectivity index (χ0) is 12.5. The predicted octanol–water partition coefficient (Wildman–Crippen LogP) is 1.69. The SMILES string of the molecule is Cc1nc2ncc(-c3ccncc3)cc2c(=O)[nH]1. The zero-order valence-corrected chi connectivity index (χ0v) is 9.71. The number of aryl methyl sites for hydroxylation is 1. The van der Waals surface area contributed by atoms with Gasteiger partial charge in [0.05, 0.1) is 5.39 Å². The lowest BCUT2D eigenvalue weighted by molar-refractivity contribution is 1.04. The van der Waals surface area contributed by atoms with Crippen LogP contribution in [0.4, 0.5) is 0 Å². The van der Waals surface area contributed by atoms with E-state index in [4.69, 9.17) is 0 Å². The zero-order valence-electron chi connectivity index (χ0n) is 9.71. The van der Waals surface area contributed by atoms with Gasteiger partial charge in [0.15, 0.2) is 5.65 Å². The molecule has 0 radical (unpaired) electrons. The first-order chi connectivity index (χ1) is 8.74. The Labute approximate surface area is 103 Å². The van der Waals surface area contributed by atoms with E-state index in [2.05, 4.69) is 19.9 Å². The number of nitrogens with zero attached hydrogens (tertiary/aromatic N) is 3. The van der Waals surface area contributed by atoms with Crippen LogP contribution in [0.3, 0.4) is 0 Å². The molecule has 0 unspecified atom stereocenters. The van der Waals surface area contributed by atoms with E-state index in [9.17, 15) is 4.79 Å². The molecule has 3 rings (SSSR count). The third-order valence-electron chi connectivity index (χ3n) is 2.69. The molecule has 0 aliphatic rings. The fourth-order valence-corrected chi connectivity index (χ4v) is 1.83. The number of hydrogen-bond donors (Lipinski definition) is 1. The summed E-state index contributed by atoms with van der Waals surface area (Å²) in [7, 11) is 0. The van der Waals surface area contributed by atoms with Crippen molar-refractivity contribution in [3.8, 4) is 11.1 Å². The average Bonchev–Trinajstić information content (AvgIpc) is 2.39. The van der Waals surface area contributed by atoms with E-state index >= 15 is 0 Å². The molecular formula is C13H10N4O. The van der Waals surface area contributed by atoms with E-state index in [1.54, 1.807) is 31.6 Å². The van der Waals surface area contributed by atoms with Gasteiger partial charge in [0.2, 0.25) is 0 Å². The van der Waals surface area contributed by atoms with Crippen molar-refractivity contribution in [2.45, 2.75) is 6.92 Å². The van der Waals surface area contributed by atoms with Crippen LogP contribution >= 0.6 is 0 Å². The molecule has 5 heteroatoms. The molecule has 88 valence electrons. The van der Waals surface area contributed by atoms with Gasteiger partial charge in [-0.1, -0.05) is 0 Å². The monoisotopic (exact) mass is 238 g/mol. The van der Waals surface area contributed by atoms with Crippen molar-refractivity contribution in [1.29, 1.82) is 0 Å². The Morgan fingerprint density at radius 1 is 1.17 bits per heavy atom. The molecule has 0 bridgehead atoms. The molecule has 3 aromatic heterocycles. The largest absolute Gasteiger partial charge is 0.310 e. The van der Waals surface area contributed by atoms with E-state index in [1.807, 2.05) is 12.1 Å². The maximum absolute atomic E-state index is 11.8. The van der Waals surface area contributed by atoms with E-state index in [0.29, 0.717) is 16.9 Å². The topological polar surface area (TPSA) is 71.5 Å². The van der Waals surface area contributed by atoms with Crippen LogP contribution < -0.4 is 5.56 Å². The van der Waals surface area contributed by atoms with Crippen LogP contribution in [0.5, 0.6) is 0 Å². The molecule has 3 aromatic rings. The van der Waals surface area contributed by atoms with Crippen molar-refractivity contribution < 1.29 is 0 Å². The van der Waals surface area contributed by atoms with E-state index < -0.39 is 0 Å². The van der Waals surface area contributed by atoms with Gasteiger partial charge in [-0.3, -0.25) is 9.78 Å². The Balaban J connectivity index is 2.27. The molecule has 0 fully saturated rings. The van der Waals surface area contributed by atoms with Crippen molar-refractivity contribution in [1.82, 2.24) is 19.9 Å². The molecule has 0 saturated carbocycles. The van der Waals surface area contributed by atoms with Crippen molar-refractivity contribution in [2.24, 2.45) is 0 Å². The van der Waals surface area contributed by atoms with E-state index in [-0.39, 0.29) is 5.56 Å². The Bertz CT molecular complexity index is 765. The molecule has 0 spiro atoms. The summed E-state index contributed by atoms with van der Waals surface area (Å²) in [5, 5.41) is 0.495. The normalized spacial score (nSPS) is 10.7. The standard InChI is InChI=1S/C13H10N4O/c1-8-16-12-11(13(18)17-8)6-10(7-15-12)9-2-4-14-5-3-9/h2-7H,1H3,(H,15,16,17,18). The fraction of sp³-hybridized carbons (Fsp3) is 0.0769. The number of H-pyrrole nitrogens is 1. The average molecular weight is 238 g/mol. The molecule has 0 atom stereocenters. The highest BCUT2D eigenvalue weighted by Gasteiger charge is 2.05. The smallest absolute Gasteiger partial charge is 0.260 e. The molecule has 18 heavy (non-hydrogen) atoms. The van der Waals surface area contributed by atoms with Crippen LogP contribution in [0.2, 0.25) is 0 Å². The van der Waals surface area contributed by atoms with Gasteiger partial charge in [-0.15, -0.1) is 0 Å². The third kappa shape index (κ3) is 1.75. The summed E-state index contributed by atoms with van der Waals surface area (Å²) < 4.78 is 0. The first kappa shape index (κ1) is 10.6. The second kappa shape index (κ2) is 4.03. The lowest BCUT2D eigenvalue weighted by Crippen LogP contribution is -2.10. The van der Waals surface area contributed by atoms with Crippen LogP contribution in [0, 0.1) is 6.92 Å². The van der Waals surface area contributed by atoms with Gasteiger partial charge in [-0.25, -0.2) is 9.97 Å². The third-order valence-corrected chi connectivity index (χ3v) is 2.69. The highest BCUT2D eigenvalue weighted by Crippen LogP contribution is 2.19. The summed E-state index contributed by atoms with van der Waals surface area (Å²) in [4.78, 5) is 26.9. The molecule has 5 nitrogen and oxygen atoms in total. The van der Waals surface area contributed by atoms with Crippen molar-refractivity contribution in [3.05, 3.63) is 53.0 Å². The lowest BCUT2D eigenvalue weighted by Gasteiger charge is -2.02. The molecule has 0 amide bonds. The second-order valence-electron chi connectivity index (χ2n) is 3.98. The minimum atomic E-state index is -0.166. The maximum atomic E-state index is 11.8. The van der Waals surface area contributed by atoms with Crippen LogP contribution in [-0.4, -0.2) is 19.9 Å². The Morgan fingerprint density at radius 3 is 2.72 bits per heavy atom. The predicted molar refractivity (Wildman–Crippen MR) is 68.1 cm³/mol. The molecule has 0 aliphatic carbocycles. The number of nitrogens with one attached hydrogen (secondary N) is 1. The molecule has 3 heterocycles. The molecule has 0 aliphatic heterocycles. The maximum Gasteiger partial charge on any atom is 0.260 e. The molecule has 0 aromatic carbocycles. The fourth-order valence-electron chi connectivity index (χ4n) is 1.83.